The molecule has 0 unspecified atom stereocenters. The first-order valence-corrected chi connectivity index (χ1v) is 6.85. The molecular formula is C15H23N3O3. The van der Waals surface area contributed by atoms with Crippen LogP contribution >= 0.6 is 0 Å². The third kappa shape index (κ3) is 5.43. The van der Waals surface area contributed by atoms with Crippen LogP contribution in [0.1, 0.15) is 27.2 Å². The number of anilines is 2. The lowest BCUT2D eigenvalue weighted by Crippen LogP contribution is -2.36. The van der Waals surface area contributed by atoms with Gasteiger partial charge in [0, 0.05) is 18.7 Å². The normalized spacial score (nSPS) is 11.9. The Labute approximate surface area is 125 Å². The van der Waals surface area contributed by atoms with Crippen molar-refractivity contribution < 1.29 is 14.3 Å². The Hall–Kier alpha value is -2.08. The van der Waals surface area contributed by atoms with Crippen LogP contribution in [0, 0.1) is 5.92 Å². The highest BCUT2D eigenvalue weighted by Gasteiger charge is 2.16. The topological polar surface area (TPSA) is 93.4 Å². The molecule has 0 aromatic heterocycles. The number of carbonyl (C=O) groups is 2. The van der Waals surface area contributed by atoms with Crippen molar-refractivity contribution in [3.8, 4) is 5.75 Å². The Bertz CT molecular complexity index is 515. The molecule has 0 spiro atoms. The van der Waals surface area contributed by atoms with Crippen molar-refractivity contribution in [3.05, 3.63) is 18.2 Å². The van der Waals surface area contributed by atoms with Gasteiger partial charge in [-0.15, -0.1) is 0 Å². The fourth-order valence-corrected chi connectivity index (χ4v) is 1.91. The summed E-state index contributed by atoms with van der Waals surface area (Å²) in [7, 11) is 1.50. The summed E-state index contributed by atoms with van der Waals surface area (Å²) in [6.07, 6.45) is 0.618. The minimum absolute atomic E-state index is 0.191. The van der Waals surface area contributed by atoms with Crippen LogP contribution in [-0.2, 0) is 9.59 Å². The Balaban J connectivity index is 2.80. The van der Waals surface area contributed by atoms with Crippen LogP contribution in [0.4, 0.5) is 11.4 Å². The quantitative estimate of drug-likeness (QED) is 0.747. The van der Waals surface area contributed by atoms with Crippen LogP contribution in [-0.4, -0.2) is 25.0 Å². The van der Waals surface area contributed by atoms with Crippen LogP contribution in [0.5, 0.6) is 5.75 Å². The number of carbonyl (C=O) groups excluding carboxylic acids is 2. The second-order valence-electron chi connectivity index (χ2n) is 5.32. The largest absolute Gasteiger partial charge is 0.494 e. The van der Waals surface area contributed by atoms with Gasteiger partial charge in [0.15, 0.2) is 0 Å². The van der Waals surface area contributed by atoms with Crippen LogP contribution in [0.2, 0.25) is 0 Å². The van der Waals surface area contributed by atoms with E-state index in [2.05, 4.69) is 10.6 Å². The molecule has 0 saturated carbocycles. The molecule has 0 aliphatic carbocycles. The van der Waals surface area contributed by atoms with Crippen molar-refractivity contribution >= 4 is 23.2 Å². The molecule has 1 rings (SSSR count). The molecule has 0 aliphatic heterocycles. The molecule has 21 heavy (non-hydrogen) atoms. The van der Waals surface area contributed by atoms with Crippen molar-refractivity contribution in [2.75, 3.05) is 17.7 Å². The number of hydrogen-bond acceptors (Lipinski definition) is 4. The standard InChI is InChI=1S/C15H23N3O3/c1-9(2)7-12(16)15(20)18-11-5-6-13(17-10(3)19)14(8-11)21-4/h5-6,8-9,12H,7,16H2,1-4H3,(H,17,19)(H,18,20)/t12-/m1/s1. The monoisotopic (exact) mass is 293 g/mol. The molecule has 0 fully saturated rings. The molecule has 0 saturated heterocycles. The lowest BCUT2D eigenvalue weighted by molar-refractivity contribution is -0.117. The number of nitrogens with one attached hydrogen (secondary N) is 2. The number of ether oxygens (including phenoxy) is 1. The van der Waals surface area contributed by atoms with E-state index in [1.807, 2.05) is 13.8 Å². The summed E-state index contributed by atoms with van der Waals surface area (Å²) in [5, 5.41) is 5.40. The Morgan fingerprint density at radius 1 is 1.29 bits per heavy atom. The van der Waals surface area contributed by atoms with E-state index in [9.17, 15) is 9.59 Å². The van der Waals surface area contributed by atoms with Gasteiger partial charge in [0.25, 0.3) is 0 Å². The molecule has 4 N–H and O–H groups in total. The van der Waals surface area contributed by atoms with E-state index in [4.69, 9.17) is 10.5 Å². The molecule has 1 aromatic carbocycles. The highest BCUT2D eigenvalue weighted by atomic mass is 16.5. The molecule has 0 aliphatic rings. The fraction of sp³-hybridized carbons (Fsp3) is 0.467. The first-order valence-electron chi connectivity index (χ1n) is 6.85. The van der Waals surface area contributed by atoms with Crippen molar-refractivity contribution in [2.45, 2.75) is 33.2 Å². The molecule has 6 nitrogen and oxygen atoms in total. The van der Waals surface area contributed by atoms with Crippen LogP contribution in [0.3, 0.4) is 0 Å². The van der Waals surface area contributed by atoms with Crippen molar-refractivity contribution in [3.63, 3.8) is 0 Å². The van der Waals surface area contributed by atoms with Crippen molar-refractivity contribution in [1.82, 2.24) is 0 Å². The maximum atomic E-state index is 12.0. The molecular weight excluding hydrogens is 270 g/mol. The zero-order valence-corrected chi connectivity index (χ0v) is 12.9. The molecule has 1 atom stereocenters. The summed E-state index contributed by atoms with van der Waals surface area (Å²) in [4.78, 5) is 23.0. The van der Waals surface area contributed by atoms with Gasteiger partial charge in [-0.1, -0.05) is 13.8 Å². The molecule has 1 aromatic rings. The maximum absolute atomic E-state index is 12.0. The highest BCUT2D eigenvalue weighted by Crippen LogP contribution is 2.28. The Kier molecular flexibility index (Phi) is 6.17. The van der Waals surface area contributed by atoms with Gasteiger partial charge < -0.3 is 21.1 Å². The summed E-state index contributed by atoms with van der Waals surface area (Å²) in [5.74, 6) is 0.393. The third-order valence-electron chi connectivity index (χ3n) is 2.84. The minimum Gasteiger partial charge on any atom is -0.494 e. The SMILES string of the molecule is COc1cc(NC(=O)[C@H](N)CC(C)C)ccc1NC(C)=O. The second kappa shape index (κ2) is 7.64. The fourth-order valence-electron chi connectivity index (χ4n) is 1.91. The van der Waals surface area contributed by atoms with Gasteiger partial charge in [-0.25, -0.2) is 0 Å². The second-order valence-corrected chi connectivity index (χ2v) is 5.32. The number of hydrogen-bond donors (Lipinski definition) is 3. The zero-order chi connectivity index (χ0) is 16.0. The predicted octanol–water partition coefficient (Wildman–Crippen LogP) is 1.97. The molecule has 0 radical (unpaired) electrons. The summed E-state index contributed by atoms with van der Waals surface area (Å²) in [6.45, 7) is 5.44. The zero-order valence-electron chi connectivity index (χ0n) is 12.9. The predicted molar refractivity (Wildman–Crippen MR) is 83.4 cm³/mol. The molecule has 6 heteroatoms. The number of rotatable bonds is 6. The number of nitrogens with two attached hydrogens (primary N) is 1. The van der Waals surface area contributed by atoms with E-state index in [1.54, 1.807) is 18.2 Å². The minimum atomic E-state index is -0.550. The average Bonchev–Trinajstić information content (AvgIpc) is 2.39. The van der Waals surface area contributed by atoms with Crippen molar-refractivity contribution in [2.24, 2.45) is 11.7 Å². The van der Waals surface area contributed by atoms with Gasteiger partial charge in [-0.3, -0.25) is 9.59 Å². The first kappa shape index (κ1) is 17.0. The van der Waals surface area contributed by atoms with E-state index < -0.39 is 6.04 Å². The molecule has 2 amide bonds. The van der Waals surface area contributed by atoms with Crippen LogP contribution in [0.15, 0.2) is 18.2 Å². The number of benzene rings is 1. The van der Waals surface area contributed by atoms with Gasteiger partial charge >= 0.3 is 0 Å². The van der Waals surface area contributed by atoms with Gasteiger partial charge in [-0.05, 0) is 24.5 Å². The van der Waals surface area contributed by atoms with E-state index in [1.165, 1.54) is 14.0 Å². The Morgan fingerprint density at radius 2 is 1.95 bits per heavy atom. The average molecular weight is 293 g/mol. The van der Waals surface area contributed by atoms with Crippen LogP contribution in [0.25, 0.3) is 0 Å². The number of methoxy groups -OCH3 is 1. The van der Waals surface area contributed by atoms with Crippen molar-refractivity contribution in [1.29, 1.82) is 0 Å². The van der Waals surface area contributed by atoms with E-state index in [-0.39, 0.29) is 11.8 Å². The molecule has 0 bridgehead atoms. The van der Waals surface area contributed by atoms with E-state index >= 15 is 0 Å². The lowest BCUT2D eigenvalue weighted by atomic mass is 10.0. The van der Waals surface area contributed by atoms with Gasteiger partial charge in [0.1, 0.15) is 5.75 Å². The van der Waals surface area contributed by atoms with E-state index in [0.29, 0.717) is 29.5 Å². The van der Waals surface area contributed by atoms with Gasteiger partial charge in [0.05, 0.1) is 18.8 Å². The lowest BCUT2D eigenvalue weighted by Gasteiger charge is -2.15. The maximum Gasteiger partial charge on any atom is 0.241 e. The van der Waals surface area contributed by atoms with Gasteiger partial charge in [0.2, 0.25) is 11.8 Å². The summed E-state index contributed by atoms with van der Waals surface area (Å²) in [5.41, 5.74) is 6.96. The third-order valence-corrected chi connectivity index (χ3v) is 2.84. The highest BCUT2D eigenvalue weighted by molar-refractivity contribution is 5.96. The molecule has 0 heterocycles. The number of amides is 2. The summed E-state index contributed by atoms with van der Waals surface area (Å²) < 4.78 is 5.20. The first-order chi connectivity index (χ1) is 9.83. The summed E-state index contributed by atoms with van der Waals surface area (Å²) in [6, 6.07) is 4.45. The van der Waals surface area contributed by atoms with Gasteiger partial charge in [-0.2, -0.15) is 0 Å². The Morgan fingerprint density at radius 3 is 2.48 bits per heavy atom. The molecule has 116 valence electrons. The van der Waals surface area contributed by atoms with Crippen LogP contribution < -0.4 is 21.1 Å². The smallest absolute Gasteiger partial charge is 0.241 e. The van der Waals surface area contributed by atoms with E-state index in [0.717, 1.165) is 0 Å². The summed E-state index contributed by atoms with van der Waals surface area (Å²) >= 11 is 0.